The number of thioether (sulfide) groups is 1. The molecule has 0 aromatic heterocycles. The summed E-state index contributed by atoms with van der Waals surface area (Å²) in [7, 11) is 0. The van der Waals surface area contributed by atoms with Crippen LogP contribution in [-0.2, 0) is 20.8 Å². The molecule has 4 aliphatic rings. The molecule has 8 heteroatoms. The minimum Gasteiger partial charge on any atom is -0.394 e. The molecule has 1 N–H and O–H groups in total. The molecule has 0 bridgehead atoms. The van der Waals surface area contributed by atoms with Gasteiger partial charge < -0.3 is 19.8 Å². The molecule has 2 fully saturated rings. The number of hydrogen-bond acceptors (Lipinski definition) is 5. The van der Waals surface area contributed by atoms with Crippen molar-refractivity contribution in [3.63, 3.8) is 0 Å². The summed E-state index contributed by atoms with van der Waals surface area (Å²) in [6.07, 6.45) is 9.41. The molecule has 6 rings (SSSR count). The molecule has 1 spiro atoms. The first-order valence-electron chi connectivity index (χ1n) is 15.0. The van der Waals surface area contributed by atoms with Gasteiger partial charge in [-0.2, -0.15) is 0 Å². The first-order valence-corrected chi connectivity index (χ1v) is 15.9. The van der Waals surface area contributed by atoms with Crippen LogP contribution in [0.15, 0.2) is 72.8 Å². The number of fused-ring (bicyclic) bond motifs is 2. The number of benzene rings is 2. The van der Waals surface area contributed by atoms with Crippen LogP contribution < -0.4 is 4.90 Å². The highest BCUT2D eigenvalue weighted by molar-refractivity contribution is 8.02. The molecule has 4 aliphatic heterocycles. The molecule has 0 saturated carbocycles. The number of rotatable bonds is 7. The summed E-state index contributed by atoms with van der Waals surface area (Å²) in [4.78, 5) is 49.1. The minimum absolute atomic E-state index is 0.0181. The van der Waals surface area contributed by atoms with E-state index in [1.165, 1.54) is 0 Å². The van der Waals surface area contributed by atoms with Crippen LogP contribution in [0, 0.1) is 25.7 Å². The van der Waals surface area contributed by atoms with Gasteiger partial charge >= 0.3 is 0 Å². The lowest BCUT2D eigenvalue weighted by atomic mass is 9.78. The van der Waals surface area contributed by atoms with Gasteiger partial charge in [-0.05, 0) is 43.4 Å². The molecular weight excluding hydrogens is 546 g/mol. The topological polar surface area (TPSA) is 81.2 Å². The largest absolute Gasteiger partial charge is 0.394 e. The van der Waals surface area contributed by atoms with Gasteiger partial charge in [-0.25, -0.2) is 0 Å². The standard InChI is InChI=1S/C34H39N3O4S/c1-4-17-35-18-9-15-26-27(31(35)39)28-32(40)37(25(21-38)20-24-13-6-5-7-14-24)30-33(41)36(19-10-16-34(28,30)42-26)29-22(2)11-8-12-23(29)3/h5-16,25-28,30,38H,4,17-21H2,1-3H3/t25-,26+,27-,28+,30?,34+/m1/s1. The number of para-hydroxylation sites is 1. The molecule has 0 radical (unpaired) electrons. The number of amides is 3. The predicted molar refractivity (Wildman–Crippen MR) is 166 cm³/mol. The van der Waals surface area contributed by atoms with Crippen LogP contribution >= 0.6 is 11.8 Å². The number of anilines is 1. The Morgan fingerprint density at radius 1 is 0.952 bits per heavy atom. The van der Waals surface area contributed by atoms with Crippen LogP contribution in [0.5, 0.6) is 0 Å². The van der Waals surface area contributed by atoms with Gasteiger partial charge in [0.15, 0.2) is 0 Å². The number of aliphatic hydroxyl groups is 1. The average Bonchev–Trinajstić information content (AvgIpc) is 3.31. The number of aryl methyl sites for hydroxylation is 2. The van der Waals surface area contributed by atoms with Crippen molar-refractivity contribution in [3.05, 3.63) is 89.5 Å². The lowest BCUT2D eigenvalue weighted by molar-refractivity contribution is -0.144. The van der Waals surface area contributed by atoms with Crippen molar-refractivity contribution in [3.8, 4) is 0 Å². The Labute approximate surface area is 252 Å². The second kappa shape index (κ2) is 11.4. The van der Waals surface area contributed by atoms with E-state index < -0.39 is 28.7 Å². The molecule has 1 unspecified atom stereocenters. The van der Waals surface area contributed by atoms with Crippen LogP contribution in [0.2, 0.25) is 0 Å². The summed E-state index contributed by atoms with van der Waals surface area (Å²) in [5.41, 5.74) is 3.80. The van der Waals surface area contributed by atoms with E-state index in [9.17, 15) is 19.5 Å². The lowest BCUT2D eigenvalue weighted by Gasteiger charge is -2.39. The Kier molecular flexibility index (Phi) is 7.79. The normalized spacial score (nSPS) is 29.3. The molecule has 2 aromatic rings. The summed E-state index contributed by atoms with van der Waals surface area (Å²) >= 11 is 1.59. The fourth-order valence-electron chi connectivity index (χ4n) is 7.56. The zero-order chi connectivity index (χ0) is 29.6. The second-order valence-corrected chi connectivity index (χ2v) is 13.4. The fraction of sp³-hybridized carbons (Fsp3) is 0.441. The molecule has 42 heavy (non-hydrogen) atoms. The Morgan fingerprint density at radius 2 is 1.69 bits per heavy atom. The molecule has 2 saturated heterocycles. The third kappa shape index (κ3) is 4.51. The van der Waals surface area contributed by atoms with Crippen LogP contribution in [0.1, 0.15) is 30.0 Å². The highest BCUT2D eigenvalue weighted by atomic mass is 32.2. The van der Waals surface area contributed by atoms with Gasteiger partial charge in [0.05, 0.1) is 29.2 Å². The van der Waals surface area contributed by atoms with Crippen molar-refractivity contribution in [2.45, 2.75) is 55.7 Å². The smallest absolute Gasteiger partial charge is 0.251 e. The third-order valence-electron chi connectivity index (χ3n) is 9.30. The van der Waals surface area contributed by atoms with E-state index in [0.717, 1.165) is 28.8 Å². The Hall–Kier alpha value is -3.36. The number of hydrogen-bond donors (Lipinski definition) is 1. The molecule has 3 amide bonds. The van der Waals surface area contributed by atoms with E-state index in [-0.39, 0.29) is 29.6 Å². The maximum atomic E-state index is 14.9. The number of carbonyl (C=O) groups excluding carboxylic acids is 3. The van der Waals surface area contributed by atoms with Crippen LogP contribution in [0.4, 0.5) is 5.69 Å². The van der Waals surface area contributed by atoms with E-state index in [2.05, 4.69) is 6.08 Å². The predicted octanol–water partition coefficient (Wildman–Crippen LogP) is 3.92. The van der Waals surface area contributed by atoms with E-state index in [4.69, 9.17) is 0 Å². The van der Waals surface area contributed by atoms with Crippen molar-refractivity contribution >= 4 is 35.2 Å². The highest BCUT2D eigenvalue weighted by Crippen LogP contribution is 2.61. The number of likely N-dealkylation sites (tertiary alicyclic amines) is 1. The second-order valence-electron chi connectivity index (χ2n) is 11.9. The van der Waals surface area contributed by atoms with Crippen molar-refractivity contribution in [1.29, 1.82) is 0 Å². The van der Waals surface area contributed by atoms with Gasteiger partial charge in [-0.3, -0.25) is 14.4 Å². The fourth-order valence-corrected chi connectivity index (χ4v) is 9.56. The van der Waals surface area contributed by atoms with Gasteiger partial charge in [-0.1, -0.05) is 79.8 Å². The SMILES string of the molecule is CCCN1CC=C[C@@H]2S[C@]34C=CCN(c5c(C)cccc5C)C(=O)C3N([C@@H](CO)Cc3ccccc3)C(=O)[C@@H]4[C@@H]2C1=O. The van der Waals surface area contributed by atoms with Gasteiger partial charge in [-0.15, -0.1) is 11.8 Å². The van der Waals surface area contributed by atoms with Crippen molar-refractivity contribution in [2.75, 3.05) is 31.1 Å². The van der Waals surface area contributed by atoms with Crippen LogP contribution in [-0.4, -0.2) is 80.9 Å². The summed E-state index contributed by atoms with van der Waals surface area (Å²) in [6, 6.07) is 14.3. The summed E-state index contributed by atoms with van der Waals surface area (Å²) < 4.78 is -0.922. The Balaban J connectivity index is 1.49. The zero-order valence-corrected chi connectivity index (χ0v) is 25.3. The molecule has 2 aromatic carbocycles. The van der Waals surface area contributed by atoms with Crippen molar-refractivity contribution in [2.24, 2.45) is 11.8 Å². The van der Waals surface area contributed by atoms with E-state index in [1.54, 1.807) is 21.6 Å². The lowest BCUT2D eigenvalue weighted by Crippen LogP contribution is -2.57. The maximum Gasteiger partial charge on any atom is 0.251 e. The Morgan fingerprint density at radius 3 is 2.38 bits per heavy atom. The van der Waals surface area contributed by atoms with Crippen molar-refractivity contribution < 1.29 is 19.5 Å². The number of aliphatic hydroxyl groups excluding tert-OH is 1. The minimum atomic E-state index is -0.922. The summed E-state index contributed by atoms with van der Waals surface area (Å²) in [5.74, 6) is -1.66. The summed E-state index contributed by atoms with van der Waals surface area (Å²) in [5, 5.41) is 10.6. The van der Waals surface area contributed by atoms with E-state index >= 15 is 0 Å². The maximum absolute atomic E-state index is 14.9. The first kappa shape index (κ1) is 28.7. The van der Waals surface area contributed by atoms with Crippen molar-refractivity contribution in [1.82, 2.24) is 9.80 Å². The summed E-state index contributed by atoms with van der Waals surface area (Å²) in [6.45, 7) is 7.30. The molecule has 220 valence electrons. The quantitative estimate of drug-likeness (QED) is 0.499. The van der Waals surface area contributed by atoms with Gasteiger partial charge in [0, 0.05) is 30.6 Å². The van der Waals surface area contributed by atoms with Crippen LogP contribution in [0.25, 0.3) is 0 Å². The highest BCUT2D eigenvalue weighted by Gasteiger charge is 2.71. The molecule has 6 atom stereocenters. The van der Waals surface area contributed by atoms with Gasteiger partial charge in [0.1, 0.15) is 6.04 Å². The van der Waals surface area contributed by atoms with Gasteiger partial charge in [0.2, 0.25) is 11.8 Å². The Bertz CT molecular complexity index is 1420. The molecule has 0 aliphatic carbocycles. The van der Waals surface area contributed by atoms with E-state index in [0.29, 0.717) is 26.1 Å². The van der Waals surface area contributed by atoms with E-state index in [1.807, 2.05) is 92.4 Å². The zero-order valence-electron chi connectivity index (χ0n) is 24.5. The molecule has 4 heterocycles. The van der Waals surface area contributed by atoms with Crippen LogP contribution in [0.3, 0.4) is 0 Å². The molecular formula is C34H39N3O4S. The average molecular weight is 586 g/mol. The molecule has 7 nitrogen and oxygen atoms in total. The monoisotopic (exact) mass is 585 g/mol. The number of nitrogens with zero attached hydrogens (tertiary/aromatic N) is 3. The first-order chi connectivity index (χ1) is 20.3. The number of carbonyl (C=O) groups is 3. The van der Waals surface area contributed by atoms with Gasteiger partial charge in [0.25, 0.3) is 5.91 Å². The third-order valence-corrected chi connectivity index (χ3v) is 11.0.